The lowest BCUT2D eigenvalue weighted by atomic mass is 10.3. The molecule has 4 heteroatoms. The molecule has 0 aliphatic carbocycles. The van der Waals surface area contributed by atoms with Gasteiger partial charge in [0, 0.05) is 19.8 Å². The Bertz CT molecular complexity index is 132. The molecule has 1 aliphatic rings. The maximum absolute atomic E-state index is 8.36. The van der Waals surface area contributed by atoms with Crippen LogP contribution in [-0.4, -0.2) is 49.3 Å². The Balaban J connectivity index is 0. The van der Waals surface area contributed by atoms with Crippen molar-refractivity contribution in [3.63, 3.8) is 0 Å². The van der Waals surface area contributed by atoms with Crippen LogP contribution in [0.3, 0.4) is 0 Å². The number of carboxylic acid groups (broad SMARTS) is 1. The minimum atomic E-state index is -0.250. The molecule has 1 N–H and O–H groups in total. The molecular formula is C12H27NO3. The van der Waals surface area contributed by atoms with Gasteiger partial charge in [-0.25, -0.2) is 0 Å². The Hall–Kier alpha value is -0.610. The lowest BCUT2D eigenvalue weighted by Crippen LogP contribution is -2.26. The summed E-state index contributed by atoms with van der Waals surface area (Å²) >= 11 is 0. The molecule has 16 heavy (non-hydrogen) atoms. The van der Waals surface area contributed by atoms with Gasteiger partial charge in [0.1, 0.15) is 0 Å². The molecule has 0 radical (unpaired) electrons. The Labute approximate surface area is 99.6 Å². The smallest absolute Gasteiger partial charge is 0.290 e. The van der Waals surface area contributed by atoms with Gasteiger partial charge in [0.2, 0.25) is 0 Å². The van der Waals surface area contributed by atoms with E-state index in [4.69, 9.17) is 14.6 Å². The van der Waals surface area contributed by atoms with E-state index in [1.165, 1.54) is 25.9 Å². The maximum atomic E-state index is 8.36. The second-order valence-electron chi connectivity index (χ2n) is 3.94. The summed E-state index contributed by atoms with van der Waals surface area (Å²) in [6.45, 7) is 9.93. The summed E-state index contributed by atoms with van der Waals surface area (Å²) in [7, 11) is 1.71. The third-order valence-electron chi connectivity index (χ3n) is 2.28. The number of likely N-dealkylation sites (tertiary alicyclic amines) is 1. The molecule has 1 heterocycles. The molecule has 0 aromatic rings. The fourth-order valence-corrected chi connectivity index (χ4v) is 1.46. The first-order valence-electron chi connectivity index (χ1n) is 5.94. The quantitative estimate of drug-likeness (QED) is 0.759. The van der Waals surface area contributed by atoms with Gasteiger partial charge in [-0.05, 0) is 46.2 Å². The van der Waals surface area contributed by atoms with Gasteiger partial charge in [-0.1, -0.05) is 6.92 Å². The fourth-order valence-electron chi connectivity index (χ4n) is 1.46. The summed E-state index contributed by atoms with van der Waals surface area (Å²) in [5.74, 6) is 0. The van der Waals surface area contributed by atoms with Crippen LogP contribution in [0.5, 0.6) is 0 Å². The van der Waals surface area contributed by atoms with E-state index in [1.54, 1.807) is 7.11 Å². The molecule has 1 aliphatic heterocycles. The van der Waals surface area contributed by atoms with E-state index in [1.807, 2.05) is 0 Å². The number of nitrogens with zero attached hydrogens (tertiary/aromatic N) is 1. The molecule has 0 atom stereocenters. The van der Waals surface area contributed by atoms with Crippen molar-refractivity contribution >= 4 is 6.47 Å². The van der Waals surface area contributed by atoms with E-state index in [0.29, 0.717) is 0 Å². The van der Waals surface area contributed by atoms with Crippen molar-refractivity contribution in [1.29, 1.82) is 0 Å². The van der Waals surface area contributed by atoms with Crippen LogP contribution in [-0.2, 0) is 9.53 Å². The van der Waals surface area contributed by atoms with Gasteiger partial charge in [-0.3, -0.25) is 4.79 Å². The van der Waals surface area contributed by atoms with Crippen molar-refractivity contribution in [3.8, 4) is 0 Å². The first kappa shape index (κ1) is 17.8. The molecule has 0 spiro atoms. The minimum absolute atomic E-state index is 0.250. The number of ether oxygens (including phenoxy) is 1. The average Bonchev–Trinajstić information content (AvgIpc) is 2.74. The number of methoxy groups -OCH3 is 1. The summed E-state index contributed by atoms with van der Waals surface area (Å²) in [4.78, 5) is 10.9. The summed E-state index contributed by atoms with van der Waals surface area (Å²) in [6, 6.07) is 0.775. The highest BCUT2D eigenvalue weighted by molar-refractivity contribution is 5.32. The molecule has 1 saturated heterocycles. The number of hydrogen-bond acceptors (Lipinski definition) is 3. The van der Waals surface area contributed by atoms with Gasteiger partial charge < -0.3 is 14.7 Å². The van der Waals surface area contributed by atoms with Crippen LogP contribution in [0.2, 0.25) is 0 Å². The van der Waals surface area contributed by atoms with E-state index in [9.17, 15) is 0 Å². The van der Waals surface area contributed by atoms with Crippen molar-refractivity contribution in [2.75, 3.05) is 26.8 Å². The largest absolute Gasteiger partial charge is 0.483 e. The SMILES string of the molecule is CC(C)N1CCCC1.CCCOC.O=CO. The summed E-state index contributed by atoms with van der Waals surface area (Å²) < 4.78 is 4.69. The maximum Gasteiger partial charge on any atom is 0.290 e. The van der Waals surface area contributed by atoms with Gasteiger partial charge >= 0.3 is 0 Å². The van der Waals surface area contributed by atoms with E-state index in [-0.39, 0.29) is 6.47 Å². The van der Waals surface area contributed by atoms with Crippen molar-refractivity contribution < 1.29 is 14.6 Å². The second kappa shape index (κ2) is 14.4. The number of rotatable bonds is 3. The van der Waals surface area contributed by atoms with Gasteiger partial charge in [0.15, 0.2) is 0 Å². The van der Waals surface area contributed by atoms with Crippen molar-refractivity contribution in [2.24, 2.45) is 0 Å². The molecule has 1 rings (SSSR count). The highest BCUT2D eigenvalue weighted by atomic mass is 16.5. The van der Waals surface area contributed by atoms with Crippen LogP contribution in [0.15, 0.2) is 0 Å². The topological polar surface area (TPSA) is 49.8 Å². The van der Waals surface area contributed by atoms with Crippen LogP contribution in [0.1, 0.15) is 40.0 Å². The minimum Gasteiger partial charge on any atom is -0.483 e. The van der Waals surface area contributed by atoms with E-state index in [0.717, 1.165) is 19.1 Å². The van der Waals surface area contributed by atoms with Crippen molar-refractivity contribution in [1.82, 2.24) is 4.90 Å². The van der Waals surface area contributed by atoms with Crippen LogP contribution >= 0.6 is 0 Å². The predicted molar refractivity (Wildman–Crippen MR) is 66.8 cm³/mol. The lowest BCUT2D eigenvalue weighted by Gasteiger charge is -2.18. The summed E-state index contributed by atoms with van der Waals surface area (Å²) in [5.41, 5.74) is 0. The molecule has 0 saturated carbocycles. The lowest BCUT2D eigenvalue weighted by molar-refractivity contribution is -0.122. The molecule has 0 unspecified atom stereocenters. The Morgan fingerprint density at radius 1 is 1.38 bits per heavy atom. The highest BCUT2D eigenvalue weighted by Gasteiger charge is 2.13. The number of carbonyl (C=O) groups is 1. The number of hydrogen-bond donors (Lipinski definition) is 1. The van der Waals surface area contributed by atoms with Gasteiger partial charge in [0.25, 0.3) is 6.47 Å². The molecular weight excluding hydrogens is 206 g/mol. The molecule has 98 valence electrons. The van der Waals surface area contributed by atoms with Crippen LogP contribution in [0, 0.1) is 0 Å². The molecule has 0 bridgehead atoms. The predicted octanol–water partition coefficient (Wildman–Crippen LogP) is 2.23. The Kier molecular flexibility index (Phi) is 16.0. The van der Waals surface area contributed by atoms with Crippen LogP contribution in [0.25, 0.3) is 0 Å². The molecule has 0 amide bonds. The van der Waals surface area contributed by atoms with Gasteiger partial charge in [0.05, 0.1) is 0 Å². The van der Waals surface area contributed by atoms with Crippen LogP contribution in [0.4, 0.5) is 0 Å². The molecule has 4 nitrogen and oxygen atoms in total. The van der Waals surface area contributed by atoms with Crippen LogP contribution < -0.4 is 0 Å². The second-order valence-corrected chi connectivity index (χ2v) is 3.94. The van der Waals surface area contributed by atoms with Gasteiger partial charge in [-0.15, -0.1) is 0 Å². The third-order valence-corrected chi connectivity index (χ3v) is 2.28. The summed E-state index contributed by atoms with van der Waals surface area (Å²) in [6.07, 6.45) is 3.95. The fraction of sp³-hybridized carbons (Fsp3) is 0.917. The van der Waals surface area contributed by atoms with E-state index < -0.39 is 0 Å². The summed E-state index contributed by atoms with van der Waals surface area (Å²) in [5, 5.41) is 6.89. The standard InChI is InChI=1S/C7H15N.C4H10O.CH2O2/c1-7(2)8-5-3-4-6-8;1-3-4-5-2;2-1-3/h7H,3-6H2,1-2H3;3-4H2,1-2H3;1H,(H,2,3). The first-order chi connectivity index (χ1) is 7.63. The zero-order valence-corrected chi connectivity index (χ0v) is 11.1. The average molecular weight is 233 g/mol. The van der Waals surface area contributed by atoms with Crippen molar-refractivity contribution in [3.05, 3.63) is 0 Å². The molecule has 0 aromatic carbocycles. The monoisotopic (exact) mass is 233 g/mol. The third kappa shape index (κ3) is 13.4. The zero-order chi connectivity index (χ0) is 12.8. The Morgan fingerprint density at radius 2 is 1.81 bits per heavy atom. The first-order valence-corrected chi connectivity index (χ1v) is 5.94. The Morgan fingerprint density at radius 3 is 1.94 bits per heavy atom. The highest BCUT2D eigenvalue weighted by Crippen LogP contribution is 2.09. The van der Waals surface area contributed by atoms with Gasteiger partial charge in [-0.2, -0.15) is 0 Å². The van der Waals surface area contributed by atoms with E-state index >= 15 is 0 Å². The van der Waals surface area contributed by atoms with Crippen molar-refractivity contribution in [2.45, 2.75) is 46.1 Å². The normalized spacial score (nSPS) is 14.8. The molecule has 1 fully saturated rings. The van der Waals surface area contributed by atoms with E-state index in [2.05, 4.69) is 25.7 Å². The zero-order valence-electron chi connectivity index (χ0n) is 11.1. The molecule has 0 aromatic heterocycles.